The normalized spacial score (nSPS) is 13.0. The third-order valence-corrected chi connectivity index (χ3v) is 6.11. The van der Waals surface area contributed by atoms with E-state index in [-0.39, 0.29) is 23.0 Å². The van der Waals surface area contributed by atoms with E-state index in [1.165, 1.54) is 40.8 Å². The van der Waals surface area contributed by atoms with Crippen LogP contribution in [0.1, 0.15) is 31.0 Å². The molecule has 3 rings (SSSR count). The number of aromatic nitrogens is 2. The molecule has 0 bridgehead atoms. The Hall–Kier alpha value is -2.45. The summed E-state index contributed by atoms with van der Waals surface area (Å²) in [5.74, 6) is -0.400. The zero-order valence-electron chi connectivity index (χ0n) is 15.8. The van der Waals surface area contributed by atoms with Crippen LogP contribution in [0.2, 0.25) is 0 Å². The highest BCUT2D eigenvalue weighted by molar-refractivity contribution is 8.02. The molecule has 1 aromatic heterocycles. The van der Waals surface area contributed by atoms with Crippen molar-refractivity contribution < 1.29 is 9.18 Å². The summed E-state index contributed by atoms with van der Waals surface area (Å²) in [5, 5.41) is 14.8. The molecule has 0 radical (unpaired) electrons. The first-order valence-electron chi connectivity index (χ1n) is 8.80. The molecule has 146 valence electrons. The lowest BCUT2D eigenvalue weighted by molar-refractivity contribution is -0.120. The third-order valence-electron chi connectivity index (χ3n) is 4.08. The SMILES string of the molecule is Cc1ccc(Nc2nnc(S[C@@H](C)C(=O)N[C@@H](C)c3ccc(F)cc3)s2)cc1. The number of benzene rings is 2. The summed E-state index contributed by atoms with van der Waals surface area (Å²) >= 11 is 2.76. The Morgan fingerprint density at radius 2 is 1.75 bits per heavy atom. The second-order valence-electron chi connectivity index (χ2n) is 6.41. The van der Waals surface area contributed by atoms with Crippen LogP contribution in [0.25, 0.3) is 0 Å². The number of nitrogens with zero attached hydrogens (tertiary/aromatic N) is 2. The maximum atomic E-state index is 13.0. The molecule has 2 atom stereocenters. The fourth-order valence-corrected chi connectivity index (χ4v) is 4.36. The number of nitrogens with one attached hydrogen (secondary N) is 2. The number of carbonyl (C=O) groups is 1. The minimum atomic E-state index is -0.330. The number of aryl methyl sites for hydroxylation is 1. The summed E-state index contributed by atoms with van der Waals surface area (Å²) in [4.78, 5) is 12.5. The van der Waals surface area contributed by atoms with Crippen molar-refractivity contribution in [3.8, 4) is 0 Å². The van der Waals surface area contributed by atoms with Gasteiger partial charge in [-0.25, -0.2) is 4.39 Å². The number of halogens is 1. The van der Waals surface area contributed by atoms with Crippen LogP contribution in [0, 0.1) is 12.7 Å². The first-order chi connectivity index (χ1) is 13.4. The summed E-state index contributed by atoms with van der Waals surface area (Å²) in [7, 11) is 0. The van der Waals surface area contributed by atoms with Gasteiger partial charge >= 0.3 is 0 Å². The van der Waals surface area contributed by atoms with Gasteiger partial charge < -0.3 is 10.6 Å². The Bertz CT molecular complexity index is 928. The molecule has 0 aliphatic carbocycles. The maximum absolute atomic E-state index is 13.0. The molecule has 2 N–H and O–H groups in total. The van der Waals surface area contributed by atoms with Crippen LogP contribution in [0.4, 0.5) is 15.2 Å². The van der Waals surface area contributed by atoms with Gasteiger partial charge in [0.05, 0.1) is 11.3 Å². The molecule has 8 heteroatoms. The third kappa shape index (κ3) is 5.53. The molecule has 0 aliphatic rings. The van der Waals surface area contributed by atoms with E-state index in [4.69, 9.17) is 0 Å². The lowest BCUT2D eigenvalue weighted by atomic mass is 10.1. The minimum Gasteiger partial charge on any atom is -0.349 e. The largest absolute Gasteiger partial charge is 0.349 e. The Kier molecular flexibility index (Phi) is 6.64. The quantitative estimate of drug-likeness (QED) is 0.525. The first-order valence-corrected chi connectivity index (χ1v) is 10.5. The molecule has 0 saturated carbocycles. The molecule has 3 aromatic rings. The number of amides is 1. The van der Waals surface area contributed by atoms with Crippen LogP contribution >= 0.6 is 23.1 Å². The molecule has 0 saturated heterocycles. The number of thioether (sulfide) groups is 1. The summed E-state index contributed by atoms with van der Waals surface area (Å²) in [5.41, 5.74) is 2.98. The van der Waals surface area contributed by atoms with Gasteiger partial charge in [0.25, 0.3) is 0 Å². The first kappa shape index (κ1) is 20.3. The van der Waals surface area contributed by atoms with Crippen molar-refractivity contribution in [2.45, 2.75) is 36.4 Å². The standard InChI is InChI=1S/C20H21FN4OS2/c1-12-4-10-17(11-5-12)23-19-24-25-20(28-19)27-14(3)18(26)22-13(2)15-6-8-16(21)9-7-15/h4-11,13-14H,1-3H3,(H,22,26)(H,23,24)/t13-,14-/m0/s1. The van der Waals surface area contributed by atoms with E-state index in [2.05, 4.69) is 20.8 Å². The van der Waals surface area contributed by atoms with Crippen molar-refractivity contribution in [3.05, 3.63) is 65.5 Å². The Morgan fingerprint density at radius 3 is 2.43 bits per heavy atom. The van der Waals surface area contributed by atoms with E-state index >= 15 is 0 Å². The molecule has 0 fully saturated rings. The van der Waals surface area contributed by atoms with Gasteiger partial charge in [0.1, 0.15) is 5.82 Å². The van der Waals surface area contributed by atoms with Gasteiger partial charge in [-0.3, -0.25) is 4.79 Å². The van der Waals surface area contributed by atoms with Crippen LogP contribution < -0.4 is 10.6 Å². The highest BCUT2D eigenvalue weighted by Crippen LogP contribution is 2.30. The molecule has 0 spiro atoms. The van der Waals surface area contributed by atoms with E-state index in [0.717, 1.165) is 11.3 Å². The van der Waals surface area contributed by atoms with Crippen LogP contribution in [-0.2, 0) is 4.79 Å². The van der Waals surface area contributed by atoms with Crippen LogP contribution in [-0.4, -0.2) is 21.4 Å². The Labute approximate surface area is 171 Å². The minimum absolute atomic E-state index is 0.106. The van der Waals surface area contributed by atoms with Crippen molar-refractivity contribution in [2.75, 3.05) is 5.32 Å². The van der Waals surface area contributed by atoms with E-state index < -0.39 is 0 Å². The van der Waals surface area contributed by atoms with Crippen LogP contribution in [0.3, 0.4) is 0 Å². The maximum Gasteiger partial charge on any atom is 0.233 e. The van der Waals surface area contributed by atoms with Crippen molar-refractivity contribution in [2.24, 2.45) is 0 Å². The zero-order chi connectivity index (χ0) is 20.1. The van der Waals surface area contributed by atoms with Gasteiger partial charge in [0.2, 0.25) is 11.0 Å². The van der Waals surface area contributed by atoms with Crippen LogP contribution in [0.5, 0.6) is 0 Å². The van der Waals surface area contributed by atoms with Gasteiger partial charge in [0.15, 0.2) is 4.34 Å². The summed E-state index contributed by atoms with van der Waals surface area (Å²) in [6.45, 7) is 5.73. The van der Waals surface area contributed by atoms with E-state index in [0.29, 0.717) is 9.47 Å². The highest BCUT2D eigenvalue weighted by Gasteiger charge is 2.19. The predicted octanol–water partition coefficient (Wildman–Crippen LogP) is 5.09. The van der Waals surface area contributed by atoms with Crippen molar-refractivity contribution >= 4 is 39.8 Å². The number of rotatable bonds is 7. The smallest absolute Gasteiger partial charge is 0.233 e. The average Bonchev–Trinajstić information content (AvgIpc) is 3.10. The van der Waals surface area contributed by atoms with Gasteiger partial charge in [-0.1, -0.05) is 52.9 Å². The lowest BCUT2D eigenvalue weighted by Crippen LogP contribution is -2.33. The van der Waals surface area contributed by atoms with Gasteiger partial charge in [-0.15, -0.1) is 10.2 Å². The number of hydrogen-bond donors (Lipinski definition) is 2. The fraction of sp³-hybridized carbons (Fsp3) is 0.250. The van der Waals surface area contributed by atoms with E-state index in [9.17, 15) is 9.18 Å². The van der Waals surface area contributed by atoms with Gasteiger partial charge in [-0.2, -0.15) is 0 Å². The number of hydrogen-bond acceptors (Lipinski definition) is 6. The fourth-order valence-electron chi connectivity index (χ4n) is 2.44. The lowest BCUT2D eigenvalue weighted by Gasteiger charge is -2.17. The van der Waals surface area contributed by atoms with Crippen LogP contribution in [0.15, 0.2) is 52.9 Å². The van der Waals surface area contributed by atoms with Crippen molar-refractivity contribution in [3.63, 3.8) is 0 Å². The predicted molar refractivity (Wildman–Crippen MR) is 113 cm³/mol. The molecular formula is C20H21FN4OS2. The molecular weight excluding hydrogens is 395 g/mol. The van der Waals surface area contributed by atoms with E-state index in [1.807, 2.05) is 45.0 Å². The Morgan fingerprint density at radius 1 is 1.07 bits per heavy atom. The topological polar surface area (TPSA) is 66.9 Å². The van der Waals surface area contributed by atoms with Crippen molar-refractivity contribution in [1.29, 1.82) is 0 Å². The summed E-state index contributed by atoms with van der Waals surface area (Å²) in [6, 6.07) is 13.9. The molecule has 2 aromatic carbocycles. The summed E-state index contributed by atoms with van der Waals surface area (Å²) < 4.78 is 13.7. The van der Waals surface area contributed by atoms with Gasteiger partial charge in [-0.05, 0) is 50.6 Å². The van der Waals surface area contributed by atoms with Gasteiger partial charge in [0, 0.05) is 5.69 Å². The zero-order valence-corrected chi connectivity index (χ0v) is 17.4. The Balaban J connectivity index is 1.54. The molecule has 5 nitrogen and oxygen atoms in total. The number of carbonyl (C=O) groups excluding carboxylic acids is 1. The molecule has 0 aliphatic heterocycles. The molecule has 1 amide bonds. The molecule has 1 heterocycles. The second kappa shape index (κ2) is 9.16. The monoisotopic (exact) mass is 416 g/mol. The van der Waals surface area contributed by atoms with Crippen molar-refractivity contribution in [1.82, 2.24) is 15.5 Å². The molecule has 28 heavy (non-hydrogen) atoms. The molecule has 0 unspecified atom stereocenters. The highest BCUT2D eigenvalue weighted by atomic mass is 32.2. The van der Waals surface area contributed by atoms with E-state index in [1.54, 1.807) is 12.1 Å². The number of anilines is 2. The second-order valence-corrected chi connectivity index (χ2v) is 8.97. The average molecular weight is 417 g/mol. The summed E-state index contributed by atoms with van der Waals surface area (Å²) in [6.07, 6.45) is 0.